The molecule has 2 rings (SSSR count). The average molecular weight is 287 g/mol. The van der Waals surface area contributed by atoms with Gasteiger partial charge in [-0.25, -0.2) is 0 Å². The van der Waals surface area contributed by atoms with E-state index in [9.17, 15) is 5.11 Å². The van der Waals surface area contributed by atoms with Crippen LogP contribution in [0.3, 0.4) is 0 Å². The molecule has 1 aromatic carbocycles. The second-order valence-corrected chi connectivity index (χ2v) is 6.07. The van der Waals surface area contributed by atoms with Gasteiger partial charge in [0, 0.05) is 6.54 Å². The Morgan fingerprint density at radius 2 is 1.95 bits per heavy atom. The van der Waals surface area contributed by atoms with Crippen LogP contribution in [0.5, 0.6) is 0 Å². The number of allylic oxidation sites excluding steroid dienone is 1. The standard InChI is InChI=1S/C19H29NO/c1-2-6-16-9-11-18(12-10-16)19(21)15-20-14-13-17-7-4-3-5-8-17/h7,9-12,19-21H,2-6,8,13-15H2,1H3. The molecule has 1 unspecified atom stereocenters. The summed E-state index contributed by atoms with van der Waals surface area (Å²) in [6.45, 7) is 3.80. The van der Waals surface area contributed by atoms with Gasteiger partial charge < -0.3 is 10.4 Å². The van der Waals surface area contributed by atoms with Crippen molar-refractivity contribution < 1.29 is 5.11 Å². The highest BCUT2D eigenvalue weighted by atomic mass is 16.3. The van der Waals surface area contributed by atoms with Crippen molar-refractivity contribution in [3.05, 3.63) is 47.0 Å². The fourth-order valence-corrected chi connectivity index (χ4v) is 2.93. The van der Waals surface area contributed by atoms with E-state index in [0.29, 0.717) is 6.54 Å². The van der Waals surface area contributed by atoms with Crippen molar-refractivity contribution in [3.63, 3.8) is 0 Å². The van der Waals surface area contributed by atoms with Gasteiger partial charge >= 0.3 is 0 Å². The van der Waals surface area contributed by atoms with Crippen LogP contribution < -0.4 is 5.32 Å². The van der Waals surface area contributed by atoms with Gasteiger partial charge in [-0.05, 0) is 56.2 Å². The molecule has 116 valence electrons. The molecule has 0 amide bonds. The lowest BCUT2D eigenvalue weighted by atomic mass is 9.97. The maximum absolute atomic E-state index is 10.2. The SMILES string of the molecule is CCCc1ccc(C(O)CNCCC2=CCCCC2)cc1. The summed E-state index contributed by atoms with van der Waals surface area (Å²) in [7, 11) is 0. The first kappa shape index (κ1) is 16.3. The molecule has 2 heteroatoms. The lowest BCUT2D eigenvalue weighted by Gasteiger charge is -2.15. The zero-order chi connectivity index (χ0) is 14.9. The highest BCUT2D eigenvalue weighted by Crippen LogP contribution is 2.19. The van der Waals surface area contributed by atoms with E-state index in [2.05, 4.69) is 42.6 Å². The number of aliphatic hydroxyl groups is 1. The smallest absolute Gasteiger partial charge is 0.0914 e. The summed E-state index contributed by atoms with van der Waals surface area (Å²) in [4.78, 5) is 0. The number of benzene rings is 1. The fraction of sp³-hybridized carbons (Fsp3) is 0.579. The van der Waals surface area contributed by atoms with Crippen molar-refractivity contribution in [2.75, 3.05) is 13.1 Å². The van der Waals surface area contributed by atoms with Crippen LogP contribution in [0.1, 0.15) is 62.7 Å². The molecule has 0 aromatic heterocycles. The number of aliphatic hydroxyl groups excluding tert-OH is 1. The minimum absolute atomic E-state index is 0.402. The van der Waals surface area contributed by atoms with Gasteiger partial charge in [-0.2, -0.15) is 0 Å². The Labute approximate surface area is 129 Å². The molecule has 0 saturated carbocycles. The number of hydrogen-bond acceptors (Lipinski definition) is 2. The van der Waals surface area contributed by atoms with Crippen molar-refractivity contribution >= 4 is 0 Å². The minimum Gasteiger partial charge on any atom is -0.387 e. The van der Waals surface area contributed by atoms with Gasteiger partial charge in [0.1, 0.15) is 0 Å². The van der Waals surface area contributed by atoms with E-state index < -0.39 is 6.10 Å². The molecule has 2 nitrogen and oxygen atoms in total. The summed E-state index contributed by atoms with van der Waals surface area (Å²) in [6, 6.07) is 8.38. The third-order valence-electron chi connectivity index (χ3n) is 4.25. The second kappa shape index (κ2) is 9.01. The third-order valence-corrected chi connectivity index (χ3v) is 4.25. The zero-order valence-corrected chi connectivity index (χ0v) is 13.3. The van der Waals surface area contributed by atoms with Crippen LogP contribution in [0.15, 0.2) is 35.9 Å². The summed E-state index contributed by atoms with van der Waals surface area (Å²) in [5, 5.41) is 13.6. The van der Waals surface area contributed by atoms with Gasteiger partial charge in [-0.1, -0.05) is 49.3 Å². The highest BCUT2D eigenvalue weighted by Gasteiger charge is 2.07. The van der Waals surface area contributed by atoms with Crippen molar-refractivity contribution in [3.8, 4) is 0 Å². The van der Waals surface area contributed by atoms with Gasteiger partial charge in [0.2, 0.25) is 0 Å². The van der Waals surface area contributed by atoms with Crippen molar-refractivity contribution in [1.29, 1.82) is 0 Å². The van der Waals surface area contributed by atoms with Crippen LogP contribution >= 0.6 is 0 Å². The molecule has 21 heavy (non-hydrogen) atoms. The highest BCUT2D eigenvalue weighted by molar-refractivity contribution is 5.24. The van der Waals surface area contributed by atoms with Crippen LogP contribution in [-0.4, -0.2) is 18.2 Å². The quantitative estimate of drug-likeness (QED) is 0.556. The Morgan fingerprint density at radius 3 is 2.62 bits per heavy atom. The molecule has 0 heterocycles. The predicted octanol–water partition coefficient (Wildman–Crippen LogP) is 4.15. The van der Waals surface area contributed by atoms with Gasteiger partial charge in [-0.3, -0.25) is 0 Å². The first-order valence-electron chi connectivity index (χ1n) is 8.45. The fourth-order valence-electron chi connectivity index (χ4n) is 2.93. The molecule has 2 N–H and O–H groups in total. The van der Waals surface area contributed by atoms with Gasteiger partial charge in [0.15, 0.2) is 0 Å². The first-order valence-corrected chi connectivity index (χ1v) is 8.45. The molecule has 0 aliphatic heterocycles. The predicted molar refractivity (Wildman–Crippen MR) is 89.4 cm³/mol. The summed E-state index contributed by atoms with van der Waals surface area (Å²) >= 11 is 0. The molecule has 0 fully saturated rings. The van der Waals surface area contributed by atoms with E-state index in [1.165, 1.54) is 37.7 Å². The lowest BCUT2D eigenvalue weighted by molar-refractivity contribution is 0.175. The van der Waals surface area contributed by atoms with Crippen molar-refractivity contribution in [2.45, 2.75) is 58.0 Å². The monoisotopic (exact) mass is 287 g/mol. The molecule has 1 atom stereocenters. The number of rotatable bonds is 8. The number of hydrogen-bond donors (Lipinski definition) is 2. The third kappa shape index (κ3) is 5.64. The first-order chi connectivity index (χ1) is 10.3. The van der Waals surface area contributed by atoms with Crippen LogP contribution in [0.2, 0.25) is 0 Å². The zero-order valence-electron chi connectivity index (χ0n) is 13.3. The number of aryl methyl sites for hydroxylation is 1. The van der Waals surface area contributed by atoms with Crippen LogP contribution in [0.4, 0.5) is 0 Å². The van der Waals surface area contributed by atoms with E-state index in [-0.39, 0.29) is 0 Å². The molecule has 0 bridgehead atoms. The topological polar surface area (TPSA) is 32.3 Å². The summed E-state index contributed by atoms with van der Waals surface area (Å²) in [6.07, 6.45) is 10.6. The van der Waals surface area contributed by atoms with E-state index in [0.717, 1.165) is 24.9 Å². The van der Waals surface area contributed by atoms with Crippen LogP contribution in [0, 0.1) is 0 Å². The molecular weight excluding hydrogens is 258 g/mol. The average Bonchev–Trinajstić information content (AvgIpc) is 2.53. The summed E-state index contributed by atoms with van der Waals surface area (Å²) in [5.41, 5.74) is 3.96. The Balaban J connectivity index is 1.68. The van der Waals surface area contributed by atoms with Crippen LogP contribution in [0.25, 0.3) is 0 Å². The minimum atomic E-state index is -0.402. The van der Waals surface area contributed by atoms with Gasteiger partial charge in [0.25, 0.3) is 0 Å². The van der Waals surface area contributed by atoms with Gasteiger partial charge in [0.05, 0.1) is 6.10 Å². The Hall–Kier alpha value is -1.12. The maximum atomic E-state index is 10.2. The molecule has 1 aliphatic rings. The summed E-state index contributed by atoms with van der Waals surface area (Å²) < 4.78 is 0. The van der Waals surface area contributed by atoms with E-state index in [4.69, 9.17) is 0 Å². The van der Waals surface area contributed by atoms with E-state index in [1.807, 2.05) is 0 Å². The van der Waals surface area contributed by atoms with Crippen LogP contribution in [-0.2, 0) is 6.42 Å². The molecule has 0 saturated heterocycles. The van der Waals surface area contributed by atoms with Crippen molar-refractivity contribution in [2.24, 2.45) is 0 Å². The van der Waals surface area contributed by atoms with E-state index in [1.54, 1.807) is 5.57 Å². The Bertz CT molecular complexity index is 435. The normalized spacial score (nSPS) is 16.6. The largest absolute Gasteiger partial charge is 0.387 e. The van der Waals surface area contributed by atoms with E-state index >= 15 is 0 Å². The van der Waals surface area contributed by atoms with Gasteiger partial charge in [-0.15, -0.1) is 0 Å². The van der Waals surface area contributed by atoms with Crippen molar-refractivity contribution in [1.82, 2.24) is 5.32 Å². The number of nitrogens with one attached hydrogen (secondary N) is 1. The Morgan fingerprint density at radius 1 is 1.14 bits per heavy atom. The maximum Gasteiger partial charge on any atom is 0.0914 e. The molecule has 0 spiro atoms. The molecule has 1 aliphatic carbocycles. The molecule has 1 aromatic rings. The lowest BCUT2D eigenvalue weighted by Crippen LogP contribution is -2.23. The molecular formula is C19H29NO. The summed E-state index contributed by atoms with van der Waals surface area (Å²) in [5.74, 6) is 0. The molecule has 0 radical (unpaired) electrons. The second-order valence-electron chi connectivity index (χ2n) is 6.07. The Kier molecular flexibility index (Phi) is 6.98.